The summed E-state index contributed by atoms with van der Waals surface area (Å²) in [4.78, 5) is 33.3. The fraction of sp³-hybridized carbons (Fsp3) is 0.586. The number of aromatic amines is 1. The van der Waals surface area contributed by atoms with Crippen molar-refractivity contribution in [2.75, 3.05) is 33.4 Å². The van der Waals surface area contributed by atoms with E-state index in [9.17, 15) is 12.3 Å². The summed E-state index contributed by atoms with van der Waals surface area (Å²) in [6, 6.07) is 1.53. The van der Waals surface area contributed by atoms with Crippen LogP contribution in [0.1, 0.15) is 72.2 Å². The van der Waals surface area contributed by atoms with Gasteiger partial charge in [0, 0.05) is 45.1 Å². The van der Waals surface area contributed by atoms with E-state index in [0.29, 0.717) is 58.7 Å². The third-order valence-electron chi connectivity index (χ3n) is 8.39. The zero-order chi connectivity index (χ0) is 32.1. The molecule has 210 valence electrons. The molecule has 10 heteroatoms. The van der Waals surface area contributed by atoms with Gasteiger partial charge in [-0.25, -0.2) is 0 Å². The first-order chi connectivity index (χ1) is 20.5. The molecule has 1 aliphatic carbocycles. The maximum atomic E-state index is 14.3. The van der Waals surface area contributed by atoms with Gasteiger partial charge in [0.25, 0.3) is 17.3 Å². The fourth-order valence-corrected chi connectivity index (χ4v) is 7.11. The van der Waals surface area contributed by atoms with Gasteiger partial charge in [-0.1, -0.05) is 11.6 Å². The number of halogens is 1. The fourth-order valence-electron chi connectivity index (χ4n) is 6.01. The van der Waals surface area contributed by atoms with E-state index >= 15 is 0 Å². The number of aromatic nitrogens is 1. The molecule has 0 unspecified atom stereocenters. The number of aryl methyl sites for hydroxylation is 1. The zero-order valence-corrected chi connectivity index (χ0v) is 24.3. The molecule has 1 aromatic heterocycles. The smallest absolute Gasteiger partial charge is 0.274 e. The molecular weight excluding hydrogens is 538 g/mol. The molecule has 0 radical (unpaired) electrons. The molecule has 6 rings (SSSR count). The second-order valence-corrected chi connectivity index (χ2v) is 12.4. The largest absolute Gasteiger partial charge is 0.446 e. The predicted molar refractivity (Wildman–Crippen MR) is 152 cm³/mol. The number of carbonyl (C=O) groups is 1. The molecule has 1 aromatic carbocycles. The summed E-state index contributed by atoms with van der Waals surface area (Å²) in [5.74, 6) is -1.33. The van der Waals surface area contributed by atoms with Gasteiger partial charge in [0.15, 0.2) is 11.5 Å². The standard InChI is InChI=1S/C29H36ClN3O5S/c1-15-11-19(39-6)18(26(34)31-15)12-33-14-29(9-10-29)22-21(27(33)35)16(2)24-25(23(22)30)38-28(3,37-24)20-8-7-17(13-36-20)32(4)5/h11,17,20H,7-10,12-14H2,1-6H3,(H,31,34)/t17-,20+,28-/m1/s1/i4D3,14D2. The number of hydrogen-bond donors (Lipinski definition) is 1. The van der Waals surface area contributed by atoms with Crippen molar-refractivity contribution in [1.82, 2.24) is 14.8 Å². The molecule has 1 amide bonds. The first kappa shape index (κ1) is 21.5. The van der Waals surface area contributed by atoms with E-state index in [1.165, 1.54) is 21.6 Å². The second-order valence-electron chi connectivity index (χ2n) is 11.1. The van der Waals surface area contributed by atoms with Crippen LogP contribution in [0.2, 0.25) is 5.02 Å². The molecule has 4 aliphatic rings. The van der Waals surface area contributed by atoms with E-state index in [1.807, 2.05) is 12.3 Å². The number of amides is 1. The molecule has 0 bridgehead atoms. The second kappa shape index (κ2) is 9.43. The number of likely N-dealkylation sites (N-methyl/N-ethyl adjacent to an activating group) is 1. The zero-order valence-electron chi connectivity index (χ0n) is 27.7. The Morgan fingerprint density at radius 3 is 2.67 bits per heavy atom. The summed E-state index contributed by atoms with van der Waals surface area (Å²) >= 11 is 8.40. The third-order valence-corrected chi connectivity index (χ3v) is 9.55. The molecule has 1 saturated heterocycles. The van der Waals surface area contributed by atoms with Crippen LogP contribution in [-0.4, -0.2) is 72.0 Å². The normalized spacial score (nSPS) is 30.4. The van der Waals surface area contributed by atoms with Crippen molar-refractivity contribution < 1.29 is 25.9 Å². The van der Waals surface area contributed by atoms with Gasteiger partial charge in [-0.05, 0) is 71.4 Å². The number of nitrogens with one attached hydrogen (secondary N) is 1. The predicted octanol–water partition coefficient (Wildman–Crippen LogP) is 4.65. The summed E-state index contributed by atoms with van der Waals surface area (Å²) in [5, 5.41) is 0.146. The van der Waals surface area contributed by atoms with Crippen molar-refractivity contribution >= 4 is 29.3 Å². The van der Waals surface area contributed by atoms with Gasteiger partial charge in [-0.15, -0.1) is 11.8 Å². The topological polar surface area (TPSA) is 84.1 Å². The first-order valence-electron chi connectivity index (χ1n) is 15.6. The molecular formula is C29H36ClN3O5S. The highest BCUT2D eigenvalue weighted by molar-refractivity contribution is 7.98. The molecule has 2 fully saturated rings. The lowest BCUT2D eigenvalue weighted by atomic mass is 9.83. The van der Waals surface area contributed by atoms with Crippen LogP contribution < -0.4 is 15.0 Å². The van der Waals surface area contributed by atoms with Crippen LogP contribution in [0.5, 0.6) is 11.5 Å². The minimum atomic E-state index is -2.24. The molecule has 2 aromatic rings. The molecule has 1 spiro atoms. The maximum Gasteiger partial charge on any atom is 0.274 e. The van der Waals surface area contributed by atoms with Crippen molar-refractivity contribution in [3.63, 3.8) is 0 Å². The SMILES string of the molecule is [2H]C([2H])([2H])N(C)[C@@H]1CC[C@@H]([C@]2(C)Oc3c(C)c4c(c(Cl)c3O2)C2(CC2)C([2H])([2H])N(Cc2c(SC)cc(C)[nH]c2=O)C4=O)OC1. The van der Waals surface area contributed by atoms with Crippen molar-refractivity contribution in [2.24, 2.45) is 0 Å². The first-order valence-corrected chi connectivity index (χ1v) is 14.7. The van der Waals surface area contributed by atoms with Crippen LogP contribution in [0.15, 0.2) is 15.8 Å². The average Bonchev–Trinajstić information content (AvgIpc) is 3.68. The average molecular weight is 579 g/mol. The molecule has 3 aliphatic heterocycles. The van der Waals surface area contributed by atoms with Gasteiger partial charge in [0.05, 0.1) is 32.0 Å². The monoisotopic (exact) mass is 578 g/mol. The van der Waals surface area contributed by atoms with Crippen LogP contribution in [-0.2, 0) is 16.7 Å². The Balaban J connectivity index is 1.36. The number of nitrogens with zero attached hydrogens (tertiary/aromatic N) is 2. The number of benzene rings is 1. The van der Waals surface area contributed by atoms with Crippen LogP contribution in [0.4, 0.5) is 0 Å². The summed E-state index contributed by atoms with van der Waals surface area (Å²) in [6.45, 7) is 0.851. The highest BCUT2D eigenvalue weighted by Gasteiger charge is 2.57. The van der Waals surface area contributed by atoms with Crippen LogP contribution in [0.25, 0.3) is 0 Å². The Kier molecular flexibility index (Phi) is 5.21. The number of ether oxygens (including phenoxy) is 3. The van der Waals surface area contributed by atoms with Gasteiger partial charge >= 0.3 is 0 Å². The van der Waals surface area contributed by atoms with E-state index in [1.54, 1.807) is 27.8 Å². The Hall–Kier alpha value is -2.20. The number of rotatable bonds is 5. The minimum absolute atomic E-state index is 0.146. The van der Waals surface area contributed by atoms with Crippen molar-refractivity contribution in [3.05, 3.63) is 49.4 Å². The highest BCUT2D eigenvalue weighted by atomic mass is 35.5. The number of pyridine rings is 1. The number of carbonyl (C=O) groups excluding carboxylic acids is 1. The Labute approximate surface area is 245 Å². The Morgan fingerprint density at radius 1 is 1.28 bits per heavy atom. The summed E-state index contributed by atoms with van der Waals surface area (Å²) in [6.07, 6.45) is 3.25. The molecule has 4 heterocycles. The Bertz CT molecular complexity index is 1610. The van der Waals surface area contributed by atoms with Crippen LogP contribution >= 0.6 is 23.4 Å². The van der Waals surface area contributed by atoms with Gasteiger partial charge in [0.2, 0.25) is 0 Å². The van der Waals surface area contributed by atoms with E-state index in [-0.39, 0.29) is 41.1 Å². The highest BCUT2D eigenvalue weighted by Crippen LogP contribution is 2.61. The van der Waals surface area contributed by atoms with Crippen molar-refractivity contribution in [1.29, 1.82) is 0 Å². The molecule has 1 saturated carbocycles. The van der Waals surface area contributed by atoms with Crippen LogP contribution in [0, 0.1) is 13.8 Å². The van der Waals surface area contributed by atoms with Gasteiger partial charge in [-0.3, -0.25) is 9.59 Å². The van der Waals surface area contributed by atoms with Crippen LogP contribution in [0.3, 0.4) is 0 Å². The van der Waals surface area contributed by atoms with Crippen molar-refractivity contribution in [2.45, 2.75) is 81.2 Å². The lowest BCUT2D eigenvalue weighted by Gasteiger charge is -2.38. The van der Waals surface area contributed by atoms with Gasteiger partial charge in [-0.2, -0.15) is 0 Å². The molecule has 1 N–H and O–H groups in total. The van der Waals surface area contributed by atoms with E-state index in [2.05, 4.69) is 4.98 Å². The quantitative estimate of drug-likeness (QED) is 0.517. The van der Waals surface area contributed by atoms with E-state index in [0.717, 1.165) is 0 Å². The summed E-state index contributed by atoms with van der Waals surface area (Å²) in [7, 11) is 1.55. The number of H-pyrrole nitrogens is 1. The lowest BCUT2D eigenvalue weighted by molar-refractivity contribution is -0.190. The molecule has 3 atom stereocenters. The summed E-state index contributed by atoms with van der Waals surface area (Å²) in [5.41, 5.74) is 0.756. The van der Waals surface area contributed by atoms with E-state index < -0.39 is 36.7 Å². The summed E-state index contributed by atoms with van der Waals surface area (Å²) < 4.78 is 60.5. The third kappa shape index (κ3) is 4.28. The molecule has 8 nitrogen and oxygen atoms in total. The Morgan fingerprint density at radius 2 is 2.03 bits per heavy atom. The van der Waals surface area contributed by atoms with Gasteiger partial charge in [0.1, 0.15) is 6.10 Å². The van der Waals surface area contributed by atoms with Gasteiger partial charge < -0.3 is 29.0 Å². The van der Waals surface area contributed by atoms with E-state index in [4.69, 9.17) is 29.9 Å². The number of hydrogen-bond acceptors (Lipinski definition) is 7. The lowest BCUT2D eigenvalue weighted by Crippen LogP contribution is -2.53. The number of thioether (sulfide) groups is 1. The molecule has 39 heavy (non-hydrogen) atoms. The minimum Gasteiger partial charge on any atom is -0.446 e. The number of fused-ring (bicyclic) bond motifs is 3. The van der Waals surface area contributed by atoms with Crippen molar-refractivity contribution in [3.8, 4) is 11.5 Å². The maximum absolute atomic E-state index is 14.3.